The first-order valence-corrected chi connectivity index (χ1v) is 38.5. The second kappa shape index (κ2) is 65.9. The van der Waals surface area contributed by atoms with Gasteiger partial charge in [-0.25, -0.2) is 0 Å². The van der Waals surface area contributed by atoms with Crippen molar-refractivity contribution in [3.8, 4) is 0 Å². The van der Waals surface area contributed by atoms with E-state index >= 15 is 0 Å². The van der Waals surface area contributed by atoms with Crippen LogP contribution in [0.2, 0.25) is 0 Å². The Labute approximate surface area is 538 Å². The Morgan fingerprint density at radius 1 is 0.414 bits per heavy atom. The summed E-state index contributed by atoms with van der Waals surface area (Å²) in [5.74, 6) is -0.157. The molecular weight excluding hydrogens is 1090 g/mol. The summed E-state index contributed by atoms with van der Waals surface area (Å²) in [6.07, 6.45) is 72.4. The summed E-state index contributed by atoms with van der Waals surface area (Å²) in [4.78, 5) is 25.1. The summed E-state index contributed by atoms with van der Waals surface area (Å²) < 4.78 is 16.8. The number of ether oxygens (including phenoxy) is 3. The third-order valence-electron chi connectivity index (χ3n) is 18.7. The Balaban J connectivity index is 1.87. The molecule has 1 aliphatic heterocycles. The summed E-state index contributed by atoms with van der Waals surface area (Å²) in [6.45, 7) is 4.38. The molecule has 1 rings (SSSR count). The van der Waals surface area contributed by atoms with Crippen LogP contribution in [0.1, 0.15) is 399 Å². The standard InChI is InChI=1S/C76H147NO10/c1-3-5-7-9-11-13-15-16-17-38-41-44-48-52-56-60-64-72(81)85-65-61-57-53-49-45-42-39-36-34-32-30-28-26-24-22-20-18-19-21-23-25-27-29-31-33-35-37-40-43-47-51-55-59-63-71(80)77-68(67-86-76-75(84)74(83)73(82)70(66-78)87-76)69(79)62-58-54-50-46-14-12-10-8-6-4-2/h58,62,68-70,73-76,78-79,82-84H,3-57,59-61,63-67H2,1-2H3,(H,77,80)/b62-58+. The van der Waals surface area contributed by atoms with Crippen LogP contribution in [0.3, 0.4) is 0 Å². The van der Waals surface area contributed by atoms with E-state index < -0.39 is 49.5 Å². The molecule has 0 aliphatic carbocycles. The van der Waals surface area contributed by atoms with Gasteiger partial charge in [0.1, 0.15) is 24.4 Å². The van der Waals surface area contributed by atoms with Crippen LogP contribution in [0.25, 0.3) is 0 Å². The first kappa shape index (κ1) is 83.4. The van der Waals surface area contributed by atoms with E-state index in [-0.39, 0.29) is 18.5 Å². The molecule has 6 N–H and O–H groups in total. The summed E-state index contributed by atoms with van der Waals surface area (Å²) in [5, 5.41) is 54.4. The normalized spacial score (nSPS) is 17.8. The minimum atomic E-state index is -1.57. The van der Waals surface area contributed by atoms with Crippen LogP contribution >= 0.6 is 0 Å². The smallest absolute Gasteiger partial charge is 0.305 e. The molecule has 0 aromatic carbocycles. The molecule has 7 unspecified atom stereocenters. The molecule has 0 radical (unpaired) electrons. The molecule has 1 amide bonds. The maximum atomic E-state index is 13.0. The van der Waals surface area contributed by atoms with Crippen molar-refractivity contribution in [3.63, 3.8) is 0 Å². The zero-order valence-corrected chi connectivity index (χ0v) is 57.5. The van der Waals surface area contributed by atoms with Crippen LogP contribution in [-0.4, -0.2) is 100 Å². The van der Waals surface area contributed by atoms with Gasteiger partial charge in [-0.05, 0) is 32.1 Å². The Kier molecular flexibility index (Phi) is 63.2. The highest BCUT2D eigenvalue weighted by molar-refractivity contribution is 5.76. The van der Waals surface area contributed by atoms with Gasteiger partial charge in [0.15, 0.2) is 6.29 Å². The average molecular weight is 1240 g/mol. The Morgan fingerprint density at radius 3 is 1.07 bits per heavy atom. The molecule has 516 valence electrons. The van der Waals surface area contributed by atoms with Gasteiger partial charge in [-0.1, -0.05) is 366 Å². The highest BCUT2D eigenvalue weighted by atomic mass is 16.7. The molecule has 87 heavy (non-hydrogen) atoms. The van der Waals surface area contributed by atoms with E-state index in [0.717, 1.165) is 51.4 Å². The molecule has 7 atom stereocenters. The lowest BCUT2D eigenvalue weighted by atomic mass is 9.99. The number of carbonyl (C=O) groups is 2. The molecule has 0 aromatic heterocycles. The molecule has 0 saturated carbocycles. The van der Waals surface area contributed by atoms with E-state index in [9.17, 15) is 35.1 Å². The lowest BCUT2D eigenvalue weighted by Crippen LogP contribution is -2.60. The molecule has 0 bridgehead atoms. The SMILES string of the molecule is CCCCCCCCCC/C=C/C(O)C(COC1OC(CO)C(O)C(O)C1O)NC(=O)CCCCCCCCCCCCCCCCCCCCCCCCCCCCCCCCCCCOC(=O)CCCCCCCCCCCCCCCCCC. The summed E-state index contributed by atoms with van der Waals surface area (Å²) >= 11 is 0. The number of aliphatic hydroxyl groups excluding tert-OH is 5. The number of amides is 1. The third kappa shape index (κ3) is 54.7. The Bertz CT molecular complexity index is 1450. The van der Waals surface area contributed by atoms with Gasteiger partial charge in [0.2, 0.25) is 5.91 Å². The van der Waals surface area contributed by atoms with Gasteiger partial charge in [-0.2, -0.15) is 0 Å². The van der Waals surface area contributed by atoms with Gasteiger partial charge in [0.25, 0.3) is 0 Å². The first-order valence-electron chi connectivity index (χ1n) is 38.5. The van der Waals surface area contributed by atoms with Gasteiger partial charge >= 0.3 is 5.97 Å². The van der Waals surface area contributed by atoms with Crippen LogP contribution in [0, 0.1) is 0 Å². The number of hydrogen-bond donors (Lipinski definition) is 6. The molecule has 0 aromatic rings. The maximum Gasteiger partial charge on any atom is 0.305 e. The number of nitrogens with one attached hydrogen (secondary N) is 1. The van der Waals surface area contributed by atoms with Gasteiger partial charge in [-0.15, -0.1) is 0 Å². The van der Waals surface area contributed by atoms with Crippen molar-refractivity contribution >= 4 is 11.9 Å². The van der Waals surface area contributed by atoms with Gasteiger partial charge in [-0.3, -0.25) is 9.59 Å². The van der Waals surface area contributed by atoms with Crippen molar-refractivity contribution in [1.29, 1.82) is 0 Å². The van der Waals surface area contributed by atoms with Crippen LogP contribution in [0.4, 0.5) is 0 Å². The second-order valence-electron chi connectivity index (χ2n) is 27.1. The lowest BCUT2D eigenvalue weighted by Gasteiger charge is -2.40. The van der Waals surface area contributed by atoms with E-state index in [1.807, 2.05) is 6.08 Å². The number of rotatable bonds is 69. The summed E-state index contributed by atoms with van der Waals surface area (Å²) in [7, 11) is 0. The van der Waals surface area contributed by atoms with Gasteiger partial charge in [0, 0.05) is 12.8 Å². The monoisotopic (exact) mass is 1230 g/mol. The Morgan fingerprint density at radius 2 is 0.724 bits per heavy atom. The van der Waals surface area contributed by atoms with Crippen LogP contribution in [0.5, 0.6) is 0 Å². The summed E-state index contributed by atoms with van der Waals surface area (Å²) in [6, 6.07) is -0.804. The predicted octanol–water partition coefficient (Wildman–Crippen LogP) is 20.2. The molecule has 11 nitrogen and oxygen atoms in total. The van der Waals surface area contributed by atoms with E-state index in [0.29, 0.717) is 19.4 Å². The topological polar surface area (TPSA) is 175 Å². The minimum absolute atomic E-state index is 0.0189. The van der Waals surface area contributed by atoms with Crippen LogP contribution < -0.4 is 5.32 Å². The number of esters is 1. The lowest BCUT2D eigenvalue weighted by molar-refractivity contribution is -0.302. The van der Waals surface area contributed by atoms with Crippen molar-refractivity contribution in [2.24, 2.45) is 0 Å². The van der Waals surface area contributed by atoms with Crippen molar-refractivity contribution in [1.82, 2.24) is 5.32 Å². The molecule has 1 fully saturated rings. The van der Waals surface area contributed by atoms with Crippen LogP contribution in [-0.2, 0) is 23.8 Å². The largest absolute Gasteiger partial charge is 0.466 e. The number of allylic oxidation sites excluding steroid dienone is 1. The van der Waals surface area contributed by atoms with E-state index in [4.69, 9.17) is 14.2 Å². The van der Waals surface area contributed by atoms with Crippen LogP contribution in [0.15, 0.2) is 12.2 Å². The van der Waals surface area contributed by atoms with E-state index in [1.165, 1.54) is 321 Å². The zero-order chi connectivity index (χ0) is 63.0. The van der Waals surface area contributed by atoms with E-state index in [1.54, 1.807) is 6.08 Å². The highest BCUT2D eigenvalue weighted by Crippen LogP contribution is 2.24. The van der Waals surface area contributed by atoms with Gasteiger partial charge in [0.05, 0.1) is 32.0 Å². The third-order valence-corrected chi connectivity index (χ3v) is 18.7. The molecule has 0 spiro atoms. The Hall–Kier alpha value is -1.60. The number of hydrogen-bond acceptors (Lipinski definition) is 10. The quantitative estimate of drug-likeness (QED) is 0.0195. The maximum absolute atomic E-state index is 13.0. The fourth-order valence-electron chi connectivity index (χ4n) is 12.6. The zero-order valence-electron chi connectivity index (χ0n) is 57.5. The predicted molar refractivity (Wildman–Crippen MR) is 366 cm³/mol. The molecule has 11 heteroatoms. The minimum Gasteiger partial charge on any atom is -0.466 e. The van der Waals surface area contributed by atoms with Crippen molar-refractivity contribution in [2.75, 3.05) is 19.8 Å². The first-order chi connectivity index (χ1) is 42.7. The van der Waals surface area contributed by atoms with Crippen molar-refractivity contribution in [2.45, 2.75) is 442 Å². The highest BCUT2D eigenvalue weighted by Gasteiger charge is 2.44. The summed E-state index contributed by atoms with van der Waals surface area (Å²) in [5.41, 5.74) is 0. The average Bonchev–Trinajstić information content (AvgIpc) is 1.91. The molecule has 1 saturated heterocycles. The number of carbonyl (C=O) groups excluding carboxylic acids is 2. The van der Waals surface area contributed by atoms with Crippen molar-refractivity contribution < 1.29 is 49.3 Å². The van der Waals surface area contributed by atoms with Gasteiger partial charge < -0.3 is 45.1 Å². The number of aliphatic hydroxyl groups is 5. The second-order valence-corrected chi connectivity index (χ2v) is 27.1. The molecule has 1 aliphatic rings. The molecular formula is C76H147NO10. The molecule has 1 heterocycles. The number of unbranched alkanes of at least 4 members (excludes halogenated alkanes) is 55. The van der Waals surface area contributed by atoms with E-state index in [2.05, 4.69) is 19.2 Å². The fourth-order valence-corrected chi connectivity index (χ4v) is 12.6. The fraction of sp³-hybridized carbons (Fsp3) is 0.947. The van der Waals surface area contributed by atoms with Crippen molar-refractivity contribution in [3.05, 3.63) is 12.2 Å².